The third-order valence-electron chi connectivity index (χ3n) is 2.38. The van der Waals surface area contributed by atoms with Crippen molar-refractivity contribution in [2.24, 2.45) is 0 Å². The maximum atomic E-state index is 5.70. The molecule has 1 aromatic heterocycles. The van der Waals surface area contributed by atoms with E-state index in [1.807, 2.05) is 17.5 Å². The summed E-state index contributed by atoms with van der Waals surface area (Å²) >= 11 is 10.8. The maximum absolute atomic E-state index is 5.70. The molecular weight excluding hydrogens is 334 g/mol. The van der Waals surface area contributed by atoms with Gasteiger partial charge in [0.1, 0.15) is 0 Å². The Morgan fingerprint density at radius 2 is 2.06 bits per heavy atom. The van der Waals surface area contributed by atoms with Crippen LogP contribution in [0.3, 0.4) is 0 Å². The Kier molecular flexibility index (Phi) is 5.63. The average Bonchev–Trinajstić information content (AvgIpc) is 2.85. The maximum Gasteiger partial charge on any atom is 0.0951 e. The molecule has 18 heavy (non-hydrogen) atoms. The number of benzene rings is 1. The lowest BCUT2D eigenvalue weighted by Gasteiger charge is -2.03. The van der Waals surface area contributed by atoms with Gasteiger partial charge in [0.25, 0.3) is 0 Å². The monoisotopic (exact) mass is 345 g/mol. The highest BCUT2D eigenvalue weighted by atomic mass is 79.9. The fraction of sp³-hybridized carbons (Fsp3) is 0.308. The van der Waals surface area contributed by atoms with E-state index < -0.39 is 0 Å². The Hall–Kier alpha value is -0.420. The van der Waals surface area contributed by atoms with E-state index in [2.05, 4.69) is 33.0 Å². The first-order valence-electron chi connectivity index (χ1n) is 5.59. The molecule has 0 radical (unpaired) electrons. The molecule has 96 valence electrons. The summed E-state index contributed by atoms with van der Waals surface area (Å²) in [7, 11) is 0. The molecular formula is C13H13BrClNOS. The summed E-state index contributed by atoms with van der Waals surface area (Å²) in [5.74, 6) is 0.482. The number of hydrogen-bond donors (Lipinski definition) is 0. The average molecular weight is 347 g/mol. The Bertz CT molecular complexity index is 486. The van der Waals surface area contributed by atoms with Crippen LogP contribution in [0.1, 0.15) is 16.3 Å². The molecule has 2 aromatic rings. The van der Waals surface area contributed by atoms with Gasteiger partial charge in [-0.15, -0.1) is 22.9 Å². The fourth-order valence-corrected chi connectivity index (χ4v) is 2.73. The van der Waals surface area contributed by atoms with Crippen LogP contribution in [0, 0.1) is 0 Å². The van der Waals surface area contributed by atoms with Gasteiger partial charge in [-0.1, -0.05) is 28.1 Å². The number of thiazole rings is 1. The Morgan fingerprint density at radius 1 is 1.28 bits per heavy atom. The molecule has 0 N–H and O–H groups in total. The first-order valence-corrected chi connectivity index (χ1v) is 7.80. The van der Waals surface area contributed by atoms with Crippen LogP contribution in [0.2, 0.25) is 0 Å². The summed E-state index contributed by atoms with van der Waals surface area (Å²) in [5.41, 5.74) is 2.13. The zero-order valence-electron chi connectivity index (χ0n) is 9.73. The summed E-state index contributed by atoms with van der Waals surface area (Å²) in [6, 6.07) is 8.15. The normalized spacial score (nSPS) is 10.8. The van der Waals surface area contributed by atoms with E-state index in [0.717, 1.165) is 21.6 Å². The van der Waals surface area contributed by atoms with Crippen molar-refractivity contribution < 1.29 is 4.74 Å². The topological polar surface area (TPSA) is 22.1 Å². The molecule has 1 aromatic carbocycles. The minimum atomic E-state index is 0.482. The van der Waals surface area contributed by atoms with Crippen LogP contribution in [0.15, 0.2) is 34.1 Å². The molecule has 0 aliphatic carbocycles. The highest BCUT2D eigenvalue weighted by Crippen LogP contribution is 2.13. The lowest BCUT2D eigenvalue weighted by molar-refractivity contribution is 0.124. The molecule has 0 bridgehead atoms. The van der Waals surface area contributed by atoms with Crippen molar-refractivity contribution in [3.8, 4) is 0 Å². The van der Waals surface area contributed by atoms with Crippen LogP contribution in [-0.4, -0.2) is 11.6 Å². The van der Waals surface area contributed by atoms with Crippen molar-refractivity contribution in [3.63, 3.8) is 0 Å². The minimum Gasteiger partial charge on any atom is -0.376 e. The molecule has 2 nitrogen and oxygen atoms in total. The SMILES string of the molecule is ClCc1csc(CCOCc2ccc(Br)cc2)n1. The summed E-state index contributed by atoms with van der Waals surface area (Å²) in [6.45, 7) is 1.33. The van der Waals surface area contributed by atoms with Crippen molar-refractivity contribution in [2.75, 3.05) is 6.61 Å². The summed E-state index contributed by atoms with van der Waals surface area (Å²) in [4.78, 5) is 4.39. The number of rotatable bonds is 6. The molecule has 0 saturated heterocycles. The molecule has 0 atom stereocenters. The van der Waals surface area contributed by atoms with E-state index in [4.69, 9.17) is 16.3 Å². The molecule has 0 spiro atoms. The number of halogens is 2. The molecule has 0 saturated carbocycles. The molecule has 0 unspecified atom stereocenters. The van der Waals surface area contributed by atoms with Gasteiger partial charge in [-0.2, -0.15) is 0 Å². The van der Waals surface area contributed by atoms with Gasteiger partial charge in [0.05, 0.1) is 29.8 Å². The van der Waals surface area contributed by atoms with Gasteiger partial charge in [-0.25, -0.2) is 4.98 Å². The standard InChI is InChI=1S/C13H13BrClNOS/c14-11-3-1-10(2-4-11)8-17-6-5-13-16-12(7-15)9-18-13/h1-4,9H,5-8H2. The van der Waals surface area contributed by atoms with Gasteiger partial charge in [0, 0.05) is 16.3 Å². The van der Waals surface area contributed by atoms with Crippen molar-refractivity contribution >= 4 is 38.9 Å². The third kappa shape index (κ3) is 4.35. The number of alkyl halides is 1. The Morgan fingerprint density at radius 3 is 2.72 bits per heavy atom. The molecule has 2 rings (SSSR count). The second-order valence-corrected chi connectivity index (χ2v) is 5.92. The summed E-state index contributed by atoms with van der Waals surface area (Å²) < 4.78 is 6.71. The third-order valence-corrected chi connectivity index (χ3v) is 4.14. The van der Waals surface area contributed by atoms with Crippen molar-refractivity contribution in [2.45, 2.75) is 18.9 Å². The van der Waals surface area contributed by atoms with E-state index in [9.17, 15) is 0 Å². The van der Waals surface area contributed by atoms with Crippen LogP contribution in [0.5, 0.6) is 0 Å². The van der Waals surface area contributed by atoms with Gasteiger partial charge in [-0.3, -0.25) is 0 Å². The first-order chi connectivity index (χ1) is 8.78. The molecule has 1 heterocycles. The van der Waals surface area contributed by atoms with Crippen LogP contribution >= 0.6 is 38.9 Å². The predicted octanol–water partition coefficient (Wildman–Crippen LogP) is 4.40. The highest BCUT2D eigenvalue weighted by Gasteiger charge is 2.01. The Balaban J connectivity index is 1.71. The zero-order chi connectivity index (χ0) is 12.8. The van der Waals surface area contributed by atoms with Gasteiger partial charge in [0.15, 0.2) is 0 Å². The number of ether oxygens (including phenoxy) is 1. The Labute approximate surface area is 124 Å². The quantitative estimate of drug-likeness (QED) is 0.571. The first kappa shape index (κ1) is 14.0. The largest absolute Gasteiger partial charge is 0.376 e. The van der Waals surface area contributed by atoms with Crippen LogP contribution < -0.4 is 0 Å². The smallest absolute Gasteiger partial charge is 0.0951 e. The van der Waals surface area contributed by atoms with Crippen molar-refractivity contribution in [1.29, 1.82) is 0 Å². The van der Waals surface area contributed by atoms with Crippen LogP contribution in [-0.2, 0) is 23.6 Å². The second-order valence-electron chi connectivity index (χ2n) is 3.80. The van der Waals surface area contributed by atoms with E-state index in [0.29, 0.717) is 19.1 Å². The summed E-state index contributed by atoms with van der Waals surface area (Å²) in [6.07, 6.45) is 0.845. The number of hydrogen-bond acceptors (Lipinski definition) is 3. The van der Waals surface area contributed by atoms with E-state index in [1.54, 1.807) is 11.3 Å². The highest BCUT2D eigenvalue weighted by molar-refractivity contribution is 9.10. The van der Waals surface area contributed by atoms with Gasteiger partial charge in [-0.05, 0) is 17.7 Å². The lowest BCUT2D eigenvalue weighted by atomic mass is 10.2. The van der Waals surface area contributed by atoms with Crippen LogP contribution in [0.25, 0.3) is 0 Å². The molecule has 5 heteroatoms. The van der Waals surface area contributed by atoms with Gasteiger partial charge < -0.3 is 4.74 Å². The summed E-state index contributed by atoms with van der Waals surface area (Å²) in [5, 5.41) is 3.08. The van der Waals surface area contributed by atoms with Crippen molar-refractivity contribution in [3.05, 3.63) is 50.4 Å². The molecule has 0 fully saturated rings. The lowest BCUT2D eigenvalue weighted by Crippen LogP contribution is -1.99. The number of nitrogens with zero attached hydrogens (tertiary/aromatic N) is 1. The molecule has 0 aliphatic rings. The van der Waals surface area contributed by atoms with Crippen molar-refractivity contribution in [1.82, 2.24) is 4.98 Å². The van der Waals surface area contributed by atoms with E-state index in [-0.39, 0.29) is 0 Å². The predicted molar refractivity (Wildman–Crippen MR) is 79.2 cm³/mol. The van der Waals surface area contributed by atoms with Gasteiger partial charge in [0.2, 0.25) is 0 Å². The minimum absolute atomic E-state index is 0.482. The zero-order valence-corrected chi connectivity index (χ0v) is 12.9. The van der Waals surface area contributed by atoms with Gasteiger partial charge >= 0.3 is 0 Å². The second kappa shape index (κ2) is 7.24. The molecule has 0 amide bonds. The molecule has 0 aliphatic heterocycles. The van der Waals surface area contributed by atoms with E-state index >= 15 is 0 Å². The van der Waals surface area contributed by atoms with E-state index in [1.165, 1.54) is 5.56 Å². The van der Waals surface area contributed by atoms with Crippen LogP contribution in [0.4, 0.5) is 0 Å². The fourth-order valence-electron chi connectivity index (χ4n) is 1.46. The number of aromatic nitrogens is 1.